The fourth-order valence-corrected chi connectivity index (χ4v) is 1.54. The maximum atomic E-state index is 11.6. The van der Waals surface area contributed by atoms with Gasteiger partial charge in [-0.3, -0.25) is 4.90 Å². The van der Waals surface area contributed by atoms with Crippen molar-refractivity contribution in [2.24, 2.45) is 5.73 Å². The molecule has 0 fully saturated rings. The Hall–Kier alpha value is -1.55. The summed E-state index contributed by atoms with van der Waals surface area (Å²) in [5.74, 6) is 0. The summed E-state index contributed by atoms with van der Waals surface area (Å²) in [7, 11) is 1.38. The lowest BCUT2D eigenvalue weighted by molar-refractivity contribution is 0.178. The summed E-state index contributed by atoms with van der Waals surface area (Å²) in [5.41, 5.74) is 7.38. The van der Waals surface area contributed by atoms with Gasteiger partial charge in [-0.2, -0.15) is 0 Å². The minimum atomic E-state index is -0.345. The maximum Gasteiger partial charge on any atom is 0.414 e. The van der Waals surface area contributed by atoms with Crippen molar-refractivity contribution < 1.29 is 9.53 Å². The van der Waals surface area contributed by atoms with Crippen molar-refractivity contribution in [3.63, 3.8) is 0 Å². The molecule has 0 unspecified atom stereocenters. The highest BCUT2D eigenvalue weighted by atomic mass is 16.5. The number of nitrogens with zero attached hydrogens (tertiary/aromatic N) is 1. The molecule has 0 bridgehead atoms. The average Bonchev–Trinajstić information content (AvgIpc) is 2.31. The molecule has 4 heteroatoms. The Morgan fingerprint density at radius 3 is 2.69 bits per heavy atom. The van der Waals surface area contributed by atoms with Crippen molar-refractivity contribution in [3.8, 4) is 0 Å². The quantitative estimate of drug-likeness (QED) is 0.846. The number of amides is 1. The van der Waals surface area contributed by atoms with E-state index in [-0.39, 0.29) is 6.09 Å². The minimum Gasteiger partial charge on any atom is -0.452 e. The highest BCUT2D eigenvalue weighted by Gasteiger charge is 2.16. The van der Waals surface area contributed by atoms with Gasteiger partial charge >= 0.3 is 6.09 Å². The van der Waals surface area contributed by atoms with E-state index in [0.717, 1.165) is 17.7 Å². The number of carbonyl (C=O) groups is 1. The van der Waals surface area contributed by atoms with E-state index >= 15 is 0 Å². The largest absolute Gasteiger partial charge is 0.452 e. The van der Waals surface area contributed by atoms with Crippen LogP contribution in [0.1, 0.15) is 12.0 Å². The fourth-order valence-electron chi connectivity index (χ4n) is 1.54. The number of hydrogen-bond acceptors (Lipinski definition) is 3. The predicted octanol–water partition coefficient (Wildman–Crippen LogP) is 1.92. The number of aryl methyl sites for hydroxylation is 1. The van der Waals surface area contributed by atoms with Crippen LogP contribution in [0.15, 0.2) is 24.3 Å². The molecule has 16 heavy (non-hydrogen) atoms. The second-order valence-corrected chi connectivity index (χ2v) is 3.55. The summed E-state index contributed by atoms with van der Waals surface area (Å²) in [4.78, 5) is 13.2. The Balaban J connectivity index is 2.92. The standard InChI is InChI=1S/C12H18N2O2/c1-10-6-3-4-7-11(10)14(9-5-8-13)12(15)16-2/h3-4,6-7H,5,8-9,13H2,1-2H3. The molecule has 1 rings (SSSR count). The number of benzene rings is 1. The zero-order valence-electron chi connectivity index (χ0n) is 9.77. The SMILES string of the molecule is COC(=O)N(CCCN)c1ccccc1C. The van der Waals surface area contributed by atoms with Crippen LogP contribution in [0.3, 0.4) is 0 Å². The summed E-state index contributed by atoms with van der Waals surface area (Å²) >= 11 is 0. The Morgan fingerprint density at radius 1 is 1.44 bits per heavy atom. The molecule has 0 aliphatic heterocycles. The van der Waals surface area contributed by atoms with Gasteiger partial charge in [0.25, 0.3) is 0 Å². The Morgan fingerprint density at radius 2 is 2.12 bits per heavy atom. The van der Waals surface area contributed by atoms with Crippen molar-refractivity contribution in [1.82, 2.24) is 0 Å². The van der Waals surface area contributed by atoms with E-state index in [0.29, 0.717) is 13.1 Å². The van der Waals surface area contributed by atoms with Gasteiger partial charge in [0.2, 0.25) is 0 Å². The molecule has 1 aromatic carbocycles. The second kappa shape index (κ2) is 6.12. The van der Waals surface area contributed by atoms with Crippen molar-refractivity contribution in [2.75, 3.05) is 25.1 Å². The van der Waals surface area contributed by atoms with E-state index in [1.807, 2.05) is 31.2 Å². The lowest BCUT2D eigenvalue weighted by atomic mass is 10.2. The molecular weight excluding hydrogens is 204 g/mol. The molecule has 2 N–H and O–H groups in total. The van der Waals surface area contributed by atoms with Gasteiger partial charge in [-0.15, -0.1) is 0 Å². The molecule has 0 saturated carbocycles. The van der Waals surface area contributed by atoms with Crippen LogP contribution < -0.4 is 10.6 Å². The molecule has 0 aliphatic carbocycles. The van der Waals surface area contributed by atoms with Crippen LogP contribution in [0, 0.1) is 6.92 Å². The van der Waals surface area contributed by atoms with Crippen molar-refractivity contribution >= 4 is 11.8 Å². The number of rotatable bonds is 4. The first-order chi connectivity index (χ1) is 7.70. The van der Waals surface area contributed by atoms with E-state index in [2.05, 4.69) is 0 Å². The molecule has 4 nitrogen and oxygen atoms in total. The van der Waals surface area contributed by atoms with E-state index < -0.39 is 0 Å². The van der Waals surface area contributed by atoms with Gasteiger partial charge in [0.15, 0.2) is 0 Å². The summed E-state index contributed by atoms with van der Waals surface area (Å²) in [6.45, 7) is 3.10. The molecule has 0 heterocycles. The summed E-state index contributed by atoms with van der Waals surface area (Å²) < 4.78 is 4.76. The number of carbonyl (C=O) groups excluding carboxylic acids is 1. The highest BCUT2D eigenvalue weighted by molar-refractivity contribution is 5.88. The molecule has 1 aromatic rings. The monoisotopic (exact) mass is 222 g/mol. The minimum absolute atomic E-state index is 0.345. The van der Waals surface area contributed by atoms with Gasteiger partial charge in [0.05, 0.1) is 7.11 Å². The lowest BCUT2D eigenvalue weighted by Gasteiger charge is -2.22. The van der Waals surface area contributed by atoms with Crippen LogP contribution in [0.2, 0.25) is 0 Å². The Labute approximate surface area is 96.0 Å². The van der Waals surface area contributed by atoms with Gasteiger partial charge < -0.3 is 10.5 Å². The van der Waals surface area contributed by atoms with Crippen LogP contribution in [0.25, 0.3) is 0 Å². The van der Waals surface area contributed by atoms with Crippen LogP contribution in [-0.4, -0.2) is 26.3 Å². The van der Waals surface area contributed by atoms with E-state index in [1.165, 1.54) is 7.11 Å². The second-order valence-electron chi connectivity index (χ2n) is 3.55. The van der Waals surface area contributed by atoms with Crippen molar-refractivity contribution in [3.05, 3.63) is 29.8 Å². The summed E-state index contributed by atoms with van der Waals surface area (Å²) in [5, 5.41) is 0. The molecule has 0 spiro atoms. The molecule has 88 valence electrons. The van der Waals surface area contributed by atoms with Crippen LogP contribution >= 0.6 is 0 Å². The molecular formula is C12H18N2O2. The molecule has 0 aliphatic rings. The third kappa shape index (κ3) is 2.97. The Kier molecular flexibility index (Phi) is 4.79. The molecule has 1 amide bonds. The maximum absolute atomic E-state index is 11.6. The van der Waals surface area contributed by atoms with E-state index in [1.54, 1.807) is 4.90 Å². The first-order valence-corrected chi connectivity index (χ1v) is 5.32. The van der Waals surface area contributed by atoms with Crippen molar-refractivity contribution in [1.29, 1.82) is 0 Å². The first-order valence-electron chi connectivity index (χ1n) is 5.32. The molecule has 0 radical (unpaired) electrons. The normalized spacial score (nSPS) is 9.94. The lowest BCUT2D eigenvalue weighted by Crippen LogP contribution is -2.33. The van der Waals surface area contributed by atoms with Crippen molar-refractivity contribution in [2.45, 2.75) is 13.3 Å². The topological polar surface area (TPSA) is 55.6 Å². The average molecular weight is 222 g/mol. The third-order valence-corrected chi connectivity index (χ3v) is 2.39. The number of para-hydroxylation sites is 1. The van der Waals surface area contributed by atoms with Gasteiger partial charge in [0.1, 0.15) is 0 Å². The molecule has 0 atom stereocenters. The van der Waals surface area contributed by atoms with Gasteiger partial charge in [-0.1, -0.05) is 18.2 Å². The van der Waals surface area contributed by atoms with Gasteiger partial charge in [-0.05, 0) is 31.5 Å². The molecule has 0 aromatic heterocycles. The third-order valence-electron chi connectivity index (χ3n) is 2.39. The van der Waals surface area contributed by atoms with Crippen LogP contribution in [0.5, 0.6) is 0 Å². The van der Waals surface area contributed by atoms with Crippen LogP contribution in [0.4, 0.5) is 10.5 Å². The number of ether oxygens (including phenoxy) is 1. The van der Waals surface area contributed by atoms with Gasteiger partial charge in [0, 0.05) is 12.2 Å². The zero-order valence-corrected chi connectivity index (χ0v) is 9.77. The number of hydrogen-bond donors (Lipinski definition) is 1. The van der Waals surface area contributed by atoms with E-state index in [9.17, 15) is 4.79 Å². The number of anilines is 1. The summed E-state index contributed by atoms with van der Waals surface area (Å²) in [6, 6.07) is 7.72. The van der Waals surface area contributed by atoms with Gasteiger partial charge in [-0.25, -0.2) is 4.79 Å². The smallest absolute Gasteiger partial charge is 0.414 e. The molecule has 0 saturated heterocycles. The zero-order chi connectivity index (χ0) is 12.0. The summed E-state index contributed by atoms with van der Waals surface area (Å²) in [6.07, 6.45) is 0.409. The number of methoxy groups -OCH3 is 1. The van der Waals surface area contributed by atoms with Crippen LogP contribution in [-0.2, 0) is 4.74 Å². The first kappa shape index (κ1) is 12.5. The Bertz CT molecular complexity index is 353. The fraction of sp³-hybridized carbons (Fsp3) is 0.417. The highest BCUT2D eigenvalue weighted by Crippen LogP contribution is 2.20. The van der Waals surface area contributed by atoms with E-state index in [4.69, 9.17) is 10.5 Å². The number of nitrogens with two attached hydrogens (primary N) is 1. The predicted molar refractivity (Wildman–Crippen MR) is 64.6 cm³/mol.